The van der Waals surface area contributed by atoms with E-state index in [0.717, 1.165) is 0 Å². The third kappa shape index (κ3) is 4.68. The Labute approximate surface area is 105 Å². The molecule has 0 atom stereocenters. The first-order valence-corrected chi connectivity index (χ1v) is 5.37. The normalized spacial score (nSPS) is 10.2. The molecule has 5 nitrogen and oxygen atoms in total. The van der Waals surface area contributed by atoms with Crippen molar-refractivity contribution in [1.29, 1.82) is 0 Å². The number of halogens is 1. The van der Waals surface area contributed by atoms with Crippen molar-refractivity contribution in [2.75, 3.05) is 39.4 Å². The standard InChI is InChI=1S/C12H16FNO4/c1-16-5-6-18-8-12(15)14-9-3-4-10(13)11(7-9)17-2/h3-4,7H,5-6,8H2,1-2H3,(H,14,15). The fourth-order valence-electron chi connectivity index (χ4n) is 1.24. The van der Waals surface area contributed by atoms with Crippen LogP contribution in [0.2, 0.25) is 0 Å². The number of amides is 1. The van der Waals surface area contributed by atoms with Gasteiger partial charge in [0.15, 0.2) is 11.6 Å². The second kappa shape index (κ2) is 7.62. The highest BCUT2D eigenvalue weighted by atomic mass is 19.1. The van der Waals surface area contributed by atoms with E-state index >= 15 is 0 Å². The molecule has 0 aliphatic rings. The van der Waals surface area contributed by atoms with Crippen LogP contribution in [0.3, 0.4) is 0 Å². The Morgan fingerprint density at radius 2 is 2.11 bits per heavy atom. The van der Waals surface area contributed by atoms with E-state index in [2.05, 4.69) is 5.32 Å². The van der Waals surface area contributed by atoms with Gasteiger partial charge in [-0.25, -0.2) is 4.39 Å². The zero-order valence-corrected chi connectivity index (χ0v) is 10.4. The van der Waals surface area contributed by atoms with E-state index in [9.17, 15) is 9.18 Å². The number of ether oxygens (including phenoxy) is 3. The molecular weight excluding hydrogens is 241 g/mol. The van der Waals surface area contributed by atoms with Crippen molar-refractivity contribution in [3.63, 3.8) is 0 Å². The van der Waals surface area contributed by atoms with Crippen molar-refractivity contribution >= 4 is 11.6 Å². The van der Waals surface area contributed by atoms with Gasteiger partial charge in [-0.3, -0.25) is 4.79 Å². The minimum atomic E-state index is -0.480. The number of hydrogen-bond acceptors (Lipinski definition) is 4. The van der Waals surface area contributed by atoms with Crippen LogP contribution >= 0.6 is 0 Å². The highest BCUT2D eigenvalue weighted by Gasteiger charge is 2.06. The molecule has 1 rings (SSSR count). The summed E-state index contributed by atoms with van der Waals surface area (Å²) in [6.45, 7) is 0.692. The summed E-state index contributed by atoms with van der Waals surface area (Å²) in [5.74, 6) is -0.722. The monoisotopic (exact) mass is 257 g/mol. The van der Waals surface area contributed by atoms with Crippen LogP contribution in [0.5, 0.6) is 5.75 Å². The summed E-state index contributed by atoms with van der Waals surface area (Å²) in [5, 5.41) is 2.57. The molecule has 100 valence electrons. The van der Waals surface area contributed by atoms with Crippen LogP contribution in [0.15, 0.2) is 18.2 Å². The van der Waals surface area contributed by atoms with Crippen LogP contribution < -0.4 is 10.1 Å². The zero-order valence-electron chi connectivity index (χ0n) is 10.4. The van der Waals surface area contributed by atoms with Crippen molar-refractivity contribution < 1.29 is 23.4 Å². The number of methoxy groups -OCH3 is 2. The average Bonchev–Trinajstić information content (AvgIpc) is 2.37. The van der Waals surface area contributed by atoms with Crippen LogP contribution in [0.25, 0.3) is 0 Å². The van der Waals surface area contributed by atoms with Gasteiger partial charge in [-0.2, -0.15) is 0 Å². The molecule has 0 unspecified atom stereocenters. The molecule has 0 spiro atoms. The SMILES string of the molecule is COCCOCC(=O)Nc1ccc(F)c(OC)c1. The number of carbonyl (C=O) groups excluding carboxylic acids is 1. The minimum absolute atomic E-state index is 0.0769. The Morgan fingerprint density at radius 1 is 1.33 bits per heavy atom. The minimum Gasteiger partial charge on any atom is -0.494 e. The van der Waals surface area contributed by atoms with E-state index in [4.69, 9.17) is 14.2 Å². The summed E-state index contributed by atoms with van der Waals surface area (Å²) in [4.78, 5) is 11.4. The molecule has 1 amide bonds. The number of nitrogens with one attached hydrogen (secondary N) is 1. The molecule has 6 heteroatoms. The second-order valence-electron chi connectivity index (χ2n) is 3.44. The van der Waals surface area contributed by atoms with Crippen LogP contribution in [0.1, 0.15) is 0 Å². The van der Waals surface area contributed by atoms with Crippen molar-refractivity contribution in [2.24, 2.45) is 0 Å². The van der Waals surface area contributed by atoms with Crippen LogP contribution in [0.4, 0.5) is 10.1 Å². The van der Waals surface area contributed by atoms with E-state index in [0.29, 0.717) is 18.9 Å². The summed E-state index contributed by atoms with van der Waals surface area (Å²) in [6.07, 6.45) is 0. The molecule has 1 aromatic carbocycles. The summed E-state index contributed by atoms with van der Waals surface area (Å²) >= 11 is 0. The van der Waals surface area contributed by atoms with Gasteiger partial charge in [-0.15, -0.1) is 0 Å². The highest BCUT2D eigenvalue weighted by molar-refractivity contribution is 5.91. The number of anilines is 1. The third-order valence-electron chi connectivity index (χ3n) is 2.10. The van der Waals surface area contributed by atoms with Crippen molar-refractivity contribution in [2.45, 2.75) is 0 Å². The van der Waals surface area contributed by atoms with Gasteiger partial charge < -0.3 is 19.5 Å². The average molecular weight is 257 g/mol. The number of benzene rings is 1. The molecular formula is C12H16FNO4. The highest BCUT2D eigenvalue weighted by Crippen LogP contribution is 2.21. The molecule has 18 heavy (non-hydrogen) atoms. The molecule has 0 radical (unpaired) electrons. The molecule has 1 aromatic rings. The van der Waals surface area contributed by atoms with Gasteiger partial charge in [0.25, 0.3) is 0 Å². The van der Waals surface area contributed by atoms with E-state index in [1.165, 1.54) is 25.3 Å². The van der Waals surface area contributed by atoms with E-state index in [1.807, 2.05) is 0 Å². The lowest BCUT2D eigenvalue weighted by molar-refractivity contribution is -0.121. The fourth-order valence-corrected chi connectivity index (χ4v) is 1.24. The smallest absolute Gasteiger partial charge is 0.250 e. The van der Waals surface area contributed by atoms with Gasteiger partial charge in [0.05, 0.1) is 20.3 Å². The van der Waals surface area contributed by atoms with Gasteiger partial charge in [-0.1, -0.05) is 0 Å². The molecule has 1 N–H and O–H groups in total. The number of rotatable bonds is 7. The predicted molar refractivity (Wildman–Crippen MR) is 64.3 cm³/mol. The van der Waals surface area contributed by atoms with Crippen molar-refractivity contribution in [3.8, 4) is 5.75 Å². The number of hydrogen-bond donors (Lipinski definition) is 1. The molecule has 0 aliphatic heterocycles. The Kier molecular flexibility index (Phi) is 6.10. The lowest BCUT2D eigenvalue weighted by Crippen LogP contribution is -2.19. The first-order valence-electron chi connectivity index (χ1n) is 5.37. The molecule has 0 saturated carbocycles. The molecule has 0 saturated heterocycles. The van der Waals surface area contributed by atoms with E-state index < -0.39 is 5.82 Å². The lowest BCUT2D eigenvalue weighted by Gasteiger charge is -2.08. The lowest BCUT2D eigenvalue weighted by atomic mass is 10.3. The summed E-state index contributed by atoms with van der Waals surface area (Å²) < 4.78 is 27.7. The second-order valence-corrected chi connectivity index (χ2v) is 3.44. The topological polar surface area (TPSA) is 56.8 Å². The zero-order chi connectivity index (χ0) is 13.4. The van der Waals surface area contributed by atoms with E-state index in [1.54, 1.807) is 7.11 Å². The summed E-state index contributed by atoms with van der Waals surface area (Å²) in [5.41, 5.74) is 0.452. The Hall–Kier alpha value is -1.66. The van der Waals surface area contributed by atoms with Gasteiger partial charge >= 0.3 is 0 Å². The summed E-state index contributed by atoms with van der Waals surface area (Å²) in [7, 11) is 2.91. The van der Waals surface area contributed by atoms with Crippen LogP contribution in [-0.2, 0) is 14.3 Å². The molecule has 0 heterocycles. The molecule has 0 fully saturated rings. The Bertz CT molecular complexity index is 398. The quantitative estimate of drug-likeness (QED) is 0.751. The van der Waals surface area contributed by atoms with Gasteiger partial charge in [0.2, 0.25) is 5.91 Å². The molecule has 0 aromatic heterocycles. The maximum absolute atomic E-state index is 13.1. The predicted octanol–water partition coefficient (Wildman–Crippen LogP) is 1.44. The maximum Gasteiger partial charge on any atom is 0.250 e. The van der Waals surface area contributed by atoms with Crippen molar-refractivity contribution in [1.82, 2.24) is 0 Å². The van der Waals surface area contributed by atoms with Gasteiger partial charge in [0.1, 0.15) is 6.61 Å². The van der Waals surface area contributed by atoms with Crippen LogP contribution in [0, 0.1) is 5.82 Å². The third-order valence-corrected chi connectivity index (χ3v) is 2.10. The van der Waals surface area contributed by atoms with Crippen LogP contribution in [-0.4, -0.2) is 39.9 Å². The van der Waals surface area contributed by atoms with Gasteiger partial charge in [0, 0.05) is 18.9 Å². The first kappa shape index (κ1) is 14.4. The Balaban J connectivity index is 2.44. The maximum atomic E-state index is 13.1. The fraction of sp³-hybridized carbons (Fsp3) is 0.417. The number of carbonyl (C=O) groups is 1. The van der Waals surface area contributed by atoms with E-state index in [-0.39, 0.29) is 18.3 Å². The summed E-state index contributed by atoms with van der Waals surface area (Å²) in [6, 6.07) is 4.08. The molecule has 0 bridgehead atoms. The molecule has 0 aliphatic carbocycles. The Morgan fingerprint density at radius 3 is 2.78 bits per heavy atom. The van der Waals surface area contributed by atoms with Gasteiger partial charge in [-0.05, 0) is 12.1 Å². The first-order chi connectivity index (χ1) is 8.67. The largest absolute Gasteiger partial charge is 0.494 e. The van der Waals surface area contributed by atoms with Crippen molar-refractivity contribution in [3.05, 3.63) is 24.0 Å².